The van der Waals surface area contributed by atoms with E-state index in [0.717, 1.165) is 19.5 Å². The minimum absolute atomic E-state index is 0.188. The van der Waals surface area contributed by atoms with Gasteiger partial charge in [0.2, 0.25) is 5.91 Å². The molecule has 0 bridgehead atoms. The molecule has 3 heteroatoms. The maximum Gasteiger partial charge on any atom is 0.220 e. The van der Waals surface area contributed by atoms with Crippen LogP contribution in [0.1, 0.15) is 31.7 Å². The Labute approximate surface area is 144 Å². The van der Waals surface area contributed by atoms with Crippen molar-refractivity contribution in [1.82, 2.24) is 10.6 Å². The van der Waals surface area contributed by atoms with Gasteiger partial charge in [0, 0.05) is 13.0 Å². The van der Waals surface area contributed by atoms with Crippen LogP contribution in [0.5, 0.6) is 0 Å². The van der Waals surface area contributed by atoms with Gasteiger partial charge in [-0.25, -0.2) is 0 Å². The molecule has 2 unspecified atom stereocenters. The standard InChI is InChI=1S/C21H28N2O/c1-16(19-9-5-12-22-15-19)14-21(24)23-13-11-18-8-4-7-17-6-2-3-10-20(17)18/h2-4,6-8,10,16,19,22H,5,9,11-15H2,1H3,(H,23,24). The summed E-state index contributed by atoms with van der Waals surface area (Å²) in [5.74, 6) is 1.28. The van der Waals surface area contributed by atoms with Crippen LogP contribution in [0.15, 0.2) is 42.5 Å². The molecule has 1 aliphatic rings. The van der Waals surface area contributed by atoms with Gasteiger partial charge in [0.25, 0.3) is 0 Å². The lowest BCUT2D eigenvalue weighted by molar-refractivity contribution is -0.122. The highest BCUT2D eigenvalue weighted by Gasteiger charge is 2.21. The summed E-state index contributed by atoms with van der Waals surface area (Å²) in [5.41, 5.74) is 1.30. The van der Waals surface area contributed by atoms with Gasteiger partial charge in [0.1, 0.15) is 0 Å². The lowest BCUT2D eigenvalue weighted by Crippen LogP contribution is -2.36. The number of fused-ring (bicyclic) bond motifs is 1. The van der Waals surface area contributed by atoms with Gasteiger partial charge in [-0.1, -0.05) is 49.4 Å². The van der Waals surface area contributed by atoms with Gasteiger partial charge in [-0.15, -0.1) is 0 Å². The second-order valence-electron chi connectivity index (χ2n) is 7.03. The zero-order valence-electron chi connectivity index (χ0n) is 14.6. The predicted octanol–water partition coefficient (Wildman–Crippen LogP) is 3.52. The number of rotatable bonds is 6. The molecule has 1 heterocycles. The average molecular weight is 324 g/mol. The molecule has 2 atom stereocenters. The van der Waals surface area contributed by atoms with Crippen LogP contribution in [-0.4, -0.2) is 25.5 Å². The minimum atomic E-state index is 0.188. The number of benzene rings is 2. The number of amides is 1. The van der Waals surface area contributed by atoms with Gasteiger partial charge in [-0.3, -0.25) is 4.79 Å². The lowest BCUT2D eigenvalue weighted by atomic mass is 9.85. The molecule has 24 heavy (non-hydrogen) atoms. The average Bonchev–Trinajstić information content (AvgIpc) is 2.62. The quantitative estimate of drug-likeness (QED) is 0.853. The summed E-state index contributed by atoms with van der Waals surface area (Å²) in [6.07, 6.45) is 4.00. The van der Waals surface area contributed by atoms with E-state index in [1.807, 2.05) is 0 Å². The summed E-state index contributed by atoms with van der Waals surface area (Å²) in [4.78, 5) is 12.2. The summed E-state index contributed by atoms with van der Waals surface area (Å²) in [6, 6.07) is 14.8. The van der Waals surface area contributed by atoms with Crippen LogP contribution >= 0.6 is 0 Å². The molecule has 1 amide bonds. The lowest BCUT2D eigenvalue weighted by Gasteiger charge is -2.28. The van der Waals surface area contributed by atoms with Crippen molar-refractivity contribution >= 4 is 16.7 Å². The number of piperidine rings is 1. The zero-order valence-corrected chi connectivity index (χ0v) is 14.6. The molecule has 128 valence electrons. The number of carbonyl (C=O) groups excluding carboxylic acids is 1. The van der Waals surface area contributed by atoms with Crippen molar-refractivity contribution in [2.24, 2.45) is 11.8 Å². The molecule has 1 saturated heterocycles. The Morgan fingerprint density at radius 3 is 2.92 bits per heavy atom. The Kier molecular flexibility index (Phi) is 5.86. The van der Waals surface area contributed by atoms with E-state index >= 15 is 0 Å². The Bertz CT molecular complexity index is 671. The van der Waals surface area contributed by atoms with Crippen molar-refractivity contribution in [2.45, 2.75) is 32.6 Å². The molecule has 0 aromatic heterocycles. The highest BCUT2D eigenvalue weighted by atomic mass is 16.1. The molecule has 0 saturated carbocycles. The van der Waals surface area contributed by atoms with E-state index in [2.05, 4.69) is 60.0 Å². The molecule has 2 aromatic rings. The van der Waals surface area contributed by atoms with Crippen molar-refractivity contribution in [1.29, 1.82) is 0 Å². The summed E-state index contributed by atoms with van der Waals surface area (Å²) in [5, 5.41) is 9.10. The number of nitrogens with one attached hydrogen (secondary N) is 2. The largest absolute Gasteiger partial charge is 0.356 e. The molecule has 1 aliphatic heterocycles. The van der Waals surface area contributed by atoms with Gasteiger partial charge < -0.3 is 10.6 Å². The normalized spacial score (nSPS) is 19.1. The fraction of sp³-hybridized carbons (Fsp3) is 0.476. The van der Waals surface area contributed by atoms with Gasteiger partial charge in [0.15, 0.2) is 0 Å². The minimum Gasteiger partial charge on any atom is -0.356 e. The van der Waals surface area contributed by atoms with Crippen LogP contribution in [0, 0.1) is 11.8 Å². The number of hydrogen-bond acceptors (Lipinski definition) is 2. The molecule has 3 nitrogen and oxygen atoms in total. The summed E-state index contributed by atoms with van der Waals surface area (Å²) >= 11 is 0. The smallest absolute Gasteiger partial charge is 0.220 e. The second-order valence-corrected chi connectivity index (χ2v) is 7.03. The Morgan fingerprint density at radius 1 is 1.25 bits per heavy atom. The zero-order chi connectivity index (χ0) is 16.8. The van der Waals surface area contributed by atoms with E-state index in [9.17, 15) is 4.79 Å². The van der Waals surface area contributed by atoms with Crippen molar-refractivity contribution in [3.05, 3.63) is 48.0 Å². The molecule has 0 spiro atoms. The number of carbonyl (C=O) groups is 1. The third-order valence-electron chi connectivity index (χ3n) is 5.24. The van der Waals surface area contributed by atoms with Gasteiger partial charge in [-0.2, -0.15) is 0 Å². The Morgan fingerprint density at radius 2 is 2.08 bits per heavy atom. The Hall–Kier alpha value is -1.87. The molecular formula is C21H28N2O. The fourth-order valence-electron chi connectivity index (χ4n) is 3.74. The number of hydrogen-bond donors (Lipinski definition) is 2. The van der Waals surface area contributed by atoms with Crippen LogP contribution in [0.25, 0.3) is 10.8 Å². The summed E-state index contributed by atoms with van der Waals surface area (Å²) in [7, 11) is 0. The molecular weight excluding hydrogens is 296 g/mol. The van der Waals surface area contributed by atoms with Gasteiger partial charge in [-0.05, 0) is 60.5 Å². The third kappa shape index (κ3) is 4.35. The first-order valence-electron chi connectivity index (χ1n) is 9.18. The molecule has 3 rings (SSSR count). The first-order chi connectivity index (χ1) is 11.7. The van der Waals surface area contributed by atoms with E-state index in [4.69, 9.17) is 0 Å². The molecule has 2 aromatic carbocycles. The Balaban J connectivity index is 1.47. The van der Waals surface area contributed by atoms with Gasteiger partial charge in [0.05, 0.1) is 0 Å². The van der Waals surface area contributed by atoms with E-state index in [1.165, 1.54) is 29.2 Å². The van der Waals surface area contributed by atoms with Crippen LogP contribution in [-0.2, 0) is 11.2 Å². The molecule has 0 aliphatic carbocycles. The molecule has 1 fully saturated rings. The van der Waals surface area contributed by atoms with Crippen LogP contribution in [0.2, 0.25) is 0 Å². The van der Waals surface area contributed by atoms with E-state index < -0.39 is 0 Å². The molecule has 0 radical (unpaired) electrons. The van der Waals surface area contributed by atoms with E-state index in [0.29, 0.717) is 24.8 Å². The maximum atomic E-state index is 12.2. The third-order valence-corrected chi connectivity index (χ3v) is 5.24. The van der Waals surface area contributed by atoms with Crippen molar-refractivity contribution < 1.29 is 4.79 Å². The SMILES string of the molecule is CC(CC(=O)NCCc1cccc2ccccc12)C1CCCNC1. The first kappa shape index (κ1) is 17.0. The summed E-state index contributed by atoms with van der Waals surface area (Å²) in [6.45, 7) is 5.11. The van der Waals surface area contributed by atoms with Crippen molar-refractivity contribution in [3.8, 4) is 0 Å². The first-order valence-corrected chi connectivity index (χ1v) is 9.18. The van der Waals surface area contributed by atoms with Crippen molar-refractivity contribution in [3.63, 3.8) is 0 Å². The fourth-order valence-corrected chi connectivity index (χ4v) is 3.74. The van der Waals surface area contributed by atoms with Crippen LogP contribution in [0.4, 0.5) is 0 Å². The highest BCUT2D eigenvalue weighted by Crippen LogP contribution is 2.22. The highest BCUT2D eigenvalue weighted by molar-refractivity contribution is 5.85. The van der Waals surface area contributed by atoms with Crippen LogP contribution in [0.3, 0.4) is 0 Å². The van der Waals surface area contributed by atoms with Crippen molar-refractivity contribution in [2.75, 3.05) is 19.6 Å². The summed E-state index contributed by atoms with van der Waals surface area (Å²) < 4.78 is 0. The van der Waals surface area contributed by atoms with E-state index in [1.54, 1.807) is 0 Å². The van der Waals surface area contributed by atoms with Gasteiger partial charge >= 0.3 is 0 Å². The predicted molar refractivity (Wildman–Crippen MR) is 100 cm³/mol. The maximum absolute atomic E-state index is 12.2. The monoisotopic (exact) mass is 324 g/mol. The second kappa shape index (κ2) is 8.29. The topological polar surface area (TPSA) is 41.1 Å². The molecule has 2 N–H and O–H groups in total. The van der Waals surface area contributed by atoms with Crippen LogP contribution < -0.4 is 10.6 Å². The van der Waals surface area contributed by atoms with E-state index in [-0.39, 0.29) is 5.91 Å².